The van der Waals surface area contributed by atoms with E-state index in [0.717, 1.165) is 92.2 Å². The number of methoxy groups -OCH3 is 1. The second-order valence-corrected chi connectivity index (χ2v) is 28.9. The smallest absolute Gasteiger partial charge is 0.416 e. The van der Waals surface area contributed by atoms with Crippen molar-refractivity contribution in [2.24, 2.45) is 22.9 Å². The molecule has 0 saturated heterocycles. The summed E-state index contributed by atoms with van der Waals surface area (Å²) in [5.74, 6) is -4.54. The third kappa shape index (κ3) is 25.8. The summed E-state index contributed by atoms with van der Waals surface area (Å²) in [6, 6.07) is 41.8. The number of carboxylic acids is 1. The zero-order valence-electron chi connectivity index (χ0n) is 70.6. The van der Waals surface area contributed by atoms with Crippen LogP contribution >= 0.6 is 0 Å². The number of carbonyl (C=O) groups is 5. The van der Waals surface area contributed by atoms with Crippen LogP contribution in [-0.2, 0) is 42.5 Å². The molecule has 0 aliphatic rings. The SMILES string of the molecule is COc1ccc(/C(=C\n2cnc(-c3cc(C)cc(C(F)(F)F)c3)n2)C(N)=O)cn1.Cc1cc(-c2ncn(/C=C(/C(=O)O)c3ccoc3)n2)cc(C(F)(F)F)c1.Cc1cc(-c2ncn(/C=C(/C(N)=O)c3ccncc3)n2)cc(C(F)(F)F)c1.Cc1cc(C)cc(-c2ncn(/C=C(/C(N)=O)c3ccc(F)nc3F)n2)c1.Cc1cc(C)cc(-c2ncn(/C=C(/C(N)=O)c3ccccc3)n2)c1. The van der Waals surface area contributed by atoms with Gasteiger partial charge in [-0.05, 0) is 192 Å². The summed E-state index contributed by atoms with van der Waals surface area (Å²) in [5.41, 5.74) is 29.5. The number of rotatable bonds is 21. The lowest BCUT2D eigenvalue weighted by atomic mass is 10.1. The van der Waals surface area contributed by atoms with Gasteiger partial charge in [-0.1, -0.05) is 64.7 Å². The summed E-state index contributed by atoms with van der Waals surface area (Å²) in [6.45, 7) is 12.6. The topological polar surface area (TPSA) is 424 Å². The number of aliphatic carboxylic acids is 1. The van der Waals surface area contributed by atoms with Crippen LogP contribution in [0.5, 0.6) is 5.88 Å². The van der Waals surface area contributed by atoms with Gasteiger partial charge in [0.15, 0.2) is 29.1 Å². The molecule has 41 heteroatoms. The van der Waals surface area contributed by atoms with Gasteiger partial charge in [0.25, 0.3) is 23.6 Å². The Bertz CT molecular complexity index is 6850. The minimum absolute atomic E-state index is 0.0485. The van der Waals surface area contributed by atoms with Gasteiger partial charge in [-0.2, -0.15) is 53.3 Å². The Morgan fingerprint density at radius 1 is 0.379 bits per heavy atom. The average molecular weight is 1810 g/mol. The van der Waals surface area contributed by atoms with E-state index < -0.39 is 76.7 Å². The molecule has 0 atom stereocenters. The summed E-state index contributed by atoms with van der Waals surface area (Å²) < 4.78 is 160. The van der Waals surface area contributed by atoms with Crippen LogP contribution < -0.4 is 27.7 Å². The highest BCUT2D eigenvalue weighted by molar-refractivity contribution is 6.24. The molecular formula is C91H75F11N22O8. The van der Waals surface area contributed by atoms with Crippen molar-refractivity contribution >= 4 is 88.5 Å². The fourth-order valence-electron chi connectivity index (χ4n) is 12.6. The third-order valence-corrected chi connectivity index (χ3v) is 18.4. The van der Waals surface area contributed by atoms with Crippen molar-refractivity contribution in [1.82, 2.24) is 88.8 Å². The van der Waals surface area contributed by atoms with E-state index in [1.807, 2.05) is 88.4 Å². The lowest BCUT2D eigenvalue weighted by molar-refractivity contribution is -0.138. The second kappa shape index (κ2) is 41.5. The quantitative estimate of drug-likeness (QED) is 0.0253. The van der Waals surface area contributed by atoms with Gasteiger partial charge in [0, 0.05) is 100 Å². The van der Waals surface area contributed by atoms with E-state index in [1.165, 1.54) is 126 Å². The van der Waals surface area contributed by atoms with Gasteiger partial charge in [0.05, 0.1) is 64.2 Å². The summed E-state index contributed by atoms with van der Waals surface area (Å²) >= 11 is 0. The van der Waals surface area contributed by atoms with Crippen molar-refractivity contribution in [3.8, 4) is 62.8 Å². The number of hydrogen-bond acceptors (Lipinski definition) is 20. The Balaban J connectivity index is 0.000000159. The van der Waals surface area contributed by atoms with E-state index in [2.05, 4.69) is 71.4 Å². The predicted molar refractivity (Wildman–Crippen MR) is 465 cm³/mol. The molecule has 0 saturated carbocycles. The number of nitrogens with zero attached hydrogens (tertiary/aromatic N) is 18. The van der Waals surface area contributed by atoms with Gasteiger partial charge in [0.1, 0.15) is 31.6 Å². The number of alkyl halides is 9. The molecule has 9 N–H and O–H groups in total. The third-order valence-electron chi connectivity index (χ3n) is 18.4. The molecule has 30 nitrogen and oxygen atoms in total. The van der Waals surface area contributed by atoms with Crippen molar-refractivity contribution in [1.29, 1.82) is 0 Å². The number of pyridine rings is 3. The minimum atomic E-state index is -4.49. The van der Waals surface area contributed by atoms with Gasteiger partial charge in [0.2, 0.25) is 17.8 Å². The van der Waals surface area contributed by atoms with Gasteiger partial charge < -0.3 is 37.2 Å². The van der Waals surface area contributed by atoms with Crippen LogP contribution in [0.4, 0.5) is 48.3 Å². The molecule has 132 heavy (non-hydrogen) atoms. The highest BCUT2D eigenvalue weighted by Gasteiger charge is 2.34. The Labute approximate surface area is 742 Å². The molecule has 674 valence electrons. The van der Waals surface area contributed by atoms with Crippen LogP contribution in [0.25, 0.3) is 116 Å². The summed E-state index contributed by atoms with van der Waals surface area (Å²) in [5, 5.41) is 30.3. The molecule has 15 aromatic rings. The largest absolute Gasteiger partial charge is 0.481 e. The van der Waals surface area contributed by atoms with E-state index in [-0.39, 0.29) is 62.0 Å². The lowest BCUT2D eigenvalue weighted by Gasteiger charge is -2.09. The highest BCUT2D eigenvalue weighted by Crippen LogP contribution is 2.37. The van der Waals surface area contributed by atoms with Gasteiger partial charge in [-0.3, -0.25) is 24.2 Å². The molecule has 0 aliphatic carbocycles. The molecule has 0 bridgehead atoms. The van der Waals surface area contributed by atoms with Crippen molar-refractivity contribution in [2.45, 2.75) is 67.0 Å². The van der Waals surface area contributed by atoms with Gasteiger partial charge in [-0.15, -0.1) is 25.5 Å². The molecule has 0 unspecified atom stereocenters. The van der Waals surface area contributed by atoms with Crippen LogP contribution in [0, 0.1) is 60.4 Å². The van der Waals surface area contributed by atoms with Crippen molar-refractivity contribution in [3.63, 3.8) is 0 Å². The van der Waals surface area contributed by atoms with E-state index >= 15 is 0 Å². The average Bonchev–Trinajstić information content (AvgIpc) is 1.58. The second-order valence-electron chi connectivity index (χ2n) is 28.9. The minimum Gasteiger partial charge on any atom is -0.481 e. The first-order chi connectivity index (χ1) is 62.5. The fourth-order valence-corrected chi connectivity index (χ4v) is 12.6. The Morgan fingerprint density at radius 3 is 1.02 bits per heavy atom. The first kappa shape index (κ1) is 95.5. The zero-order valence-corrected chi connectivity index (χ0v) is 70.6. The number of aromatic nitrogens is 18. The number of aryl methyl sites for hydroxylation is 7. The van der Waals surface area contributed by atoms with Crippen LogP contribution in [0.15, 0.2) is 231 Å². The number of halogens is 11. The van der Waals surface area contributed by atoms with E-state index in [4.69, 9.17) is 32.1 Å². The van der Waals surface area contributed by atoms with E-state index in [1.54, 1.807) is 62.8 Å². The van der Waals surface area contributed by atoms with Crippen molar-refractivity contribution < 1.29 is 86.5 Å². The first-order valence-corrected chi connectivity index (χ1v) is 38.6. The van der Waals surface area contributed by atoms with Gasteiger partial charge >= 0.3 is 24.5 Å². The maximum atomic E-state index is 13.9. The zero-order chi connectivity index (χ0) is 95.6. The first-order valence-electron chi connectivity index (χ1n) is 38.6. The van der Waals surface area contributed by atoms with Crippen molar-refractivity contribution in [3.05, 3.63) is 322 Å². The number of nitrogens with two attached hydrogens (primary N) is 4. The number of carboxylic acid groups (broad SMARTS) is 1. The molecule has 9 heterocycles. The predicted octanol–water partition coefficient (Wildman–Crippen LogP) is 16.0. The number of ether oxygens (including phenoxy) is 1. The molecule has 0 aliphatic heterocycles. The fraction of sp³-hybridized carbons (Fsp3) is 0.121. The maximum absolute atomic E-state index is 13.9. The number of primary amides is 4. The Hall–Kier alpha value is -17.2. The Morgan fingerprint density at radius 2 is 0.712 bits per heavy atom. The number of amides is 4. The van der Waals surface area contributed by atoms with Crippen LogP contribution in [0.2, 0.25) is 0 Å². The van der Waals surface area contributed by atoms with Crippen LogP contribution in [0.1, 0.15) is 83.5 Å². The molecule has 9 aromatic heterocycles. The Kier molecular flexibility index (Phi) is 30.0. The maximum Gasteiger partial charge on any atom is 0.416 e. The summed E-state index contributed by atoms with van der Waals surface area (Å²) in [4.78, 5) is 89.9. The normalized spacial score (nSPS) is 12.0. The number of benzene rings is 6. The summed E-state index contributed by atoms with van der Waals surface area (Å²) in [7, 11) is 1.46. The molecular weight excluding hydrogens is 1740 g/mol. The van der Waals surface area contributed by atoms with E-state index in [9.17, 15) is 77.4 Å². The van der Waals surface area contributed by atoms with E-state index in [0.29, 0.717) is 56.5 Å². The molecule has 0 fully saturated rings. The summed E-state index contributed by atoms with van der Waals surface area (Å²) in [6.07, 6.45) is 6.96. The monoisotopic (exact) mass is 1810 g/mol. The molecule has 4 amide bonds. The van der Waals surface area contributed by atoms with Crippen LogP contribution in [0.3, 0.4) is 0 Å². The molecule has 6 aromatic carbocycles. The highest BCUT2D eigenvalue weighted by atomic mass is 19.4. The van der Waals surface area contributed by atoms with Crippen LogP contribution in [-0.4, -0.2) is 131 Å². The molecule has 0 spiro atoms. The lowest BCUT2D eigenvalue weighted by Crippen LogP contribution is -2.15. The number of hydrogen-bond donors (Lipinski definition) is 5. The van der Waals surface area contributed by atoms with Gasteiger partial charge in [-0.25, -0.2) is 58.1 Å². The molecule has 15 rings (SSSR count). The molecule has 0 radical (unpaired) electrons. The standard InChI is InChI=1S/C19H16F3N5O2.C19H18N4O.C18H14F3N5O.C18H15F2N5O.C17H12F3N3O3/c1-11-5-13(7-14(6-11)19(20,21)22)18-25-10-27(26-18)9-15(17(23)28)12-3-4-16(29-2)24-8-12;1-13-8-14(2)10-16(9-13)19-21-12-23(22-19)11-17(18(20)24)15-6-4-3-5-7-15;1-11-6-13(8-14(7-11)18(19,20)21)17-24-10-26(25-17)9-15(16(22)27)12-2-4-23-5-3-12;1-10-5-11(2)7-12(6-10)18-22-9-25(24-18)8-14(17(21)26)13-3-4-15(19)23-16(13)20;1-10-4-12(6-13(5-10)17(18,19)20)15-21-9-23(22-15)7-14(16(24)25)11-2-3-26-8-11/h3-10H,1-2H3,(H2,23,28);3-12H,1-2H3,(H2,20,24);2-10H,1H3,(H2,22,27);3-9H,1-2H3,(H2,21,26);2-9H,1H3,(H,24,25)/b15-9+;17-11+;15-9+;14-8+;14-7+. The van der Waals surface area contributed by atoms with Crippen molar-refractivity contribution in [2.75, 3.05) is 7.11 Å². The number of carbonyl (C=O) groups excluding carboxylic acids is 4. The number of furan rings is 1.